The summed E-state index contributed by atoms with van der Waals surface area (Å²) in [6.07, 6.45) is 4.39. The Balaban J connectivity index is 0.00000341. The summed E-state index contributed by atoms with van der Waals surface area (Å²) in [5.74, 6) is 2.97. The molecule has 0 radical (unpaired) electrons. The van der Waals surface area contributed by atoms with Crippen LogP contribution in [-0.2, 0) is 6.54 Å². The van der Waals surface area contributed by atoms with Crippen LogP contribution >= 0.6 is 24.0 Å². The number of rotatable bonds is 8. The number of piperidine rings is 1. The van der Waals surface area contributed by atoms with Gasteiger partial charge in [-0.1, -0.05) is 25.1 Å². The molecule has 8 heteroatoms. The highest BCUT2D eigenvalue weighted by Gasteiger charge is 2.21. The standard InChI is InChI=1S/C23H35N5O2.HI/c1-5-17(6-2)22-14-21(30-27-22)15-25-23(24-3)26-18-9-8-12-28(16-18)19-10-7-11-20(13-19)29-4;/h7,10-11,13-14,17-18H,5-6,8-9,12,15-16H2,1-4H3,(H2,24,25,26);1H. The van der Waals surface area contributed by atoms with Crippen molar-refractivity contribution in [1.29, 1.82) is 0 Å². The minimum absolute atomic E-state index is 0. The molecule has 2 N–H and O–H groups in total. The zero-order valence-corrected chi connectivity index (χ0v) is 21.4. The molecule has 31 heavy (non-hydrogen) atoms. The number of halogens is 1. The number of nitrogens with zero attached hydrogens (tertiary/aromatic N) is 3. The Kier molecular flexibility index (Phi) is 10.4. The summed E-state index contributed by atoms with van der Waals surface area (Å²) < 4.78 is 10.9. The number of hydrogen-bond acceptors (Lipinski definition) is 5. The van der Waals surface area contributed by atoms with Crippen LogP contribution in [-0.4, -0.2) is 44.4 Å². The van der Waals surface area contributed by atoms with Crippen molar-refractivity contribution in [3.63, 3.8) is 0 Å². The average molecular weight is 541 g/mol. The van der Waals surface area contributed by atoms with Gasteiger partial charge < -0.3 is 24.8 Å². The normalized spacial score (nSPS) is 16.7. The first-order valence-corrected chi connectivity index (χ1v) is 11.0. The zero-order valence-electron chi connectivity index (χ0n) is 19.1. The molecule has 0 amide bonds. The summed E-state index contributed by atoms with van der Waals surface area (Å²) in [4.78, 5) is 6.79. The molecule has 1 fully saturated rings. The maximum atomic E-state index is 5.52. The van der Waals surface area contributed by atoms with E-state index in [1.54, 1.807) is 14.2 Å². The van der Waals surface area contributed by atoms with E-state index in [1.165, 1.54) is 5.69 Å². The van der Waals surface area contributed by atoms with Crippen molar-refractivity contribution in [2.45, 2.75) is 58.0 Å². The largest absolute Gasteiger partial charge is 0.497 e. The molecule has 2 heterocycles. The number of anilines is 1. The van der Waals surface area contributed by atoms with Crippen molar-refractivity contribution in [2.75, 3.05) is 32.1 Å². The van der Waals surface area contributed by atoms with E-state index in [-0.39, 0.29) is 24.0 Å². The second-order valence-corrected chi connectivity index (χ2v) is 7.79. The maximum absolute atomic E-state index is 5.52. The van der Waals surface area contributed by atoms with Crippen LogP contribution in [0.2, 0.25) is 0 Å². The van der Waals surface area contributed by atoms with Gasteiger partial charge >= 0.3 is 0 Å². The van der Waals surface area contributed by atoms with Gasteiger partial charge in [0.25, 0.3) is 0 Å². The van der Waals surface area contributed by atoms with Crippen molar-refractivity contribution in [2.24, 2.45) is 4.99 Å². The molecule has 1 aromatic carbocycles. The highest BCUT2D eigenvalue weighted by Crippen LogP contribution is 2.24. The summed E-state index contributed by atoms with van der Waals surface area (Å²) in [6, 6.07) is 10.6. The highest BCUT2D eigenvalue weighted by molar-refractivity contribution is 14.0. The molecule has 0 aliphatic carbocycles. The molecule has 1 aliphatic rings. The third-order valence-corrected chi connectivity index (χ3v) is 5.82. The first-order valence-electron chi connectivity index (χ1n) is 11.0. The molecule has 1 aliphatic heterocycles. The lowest BCUT2D eigenvalue weighted by molar-refractivity contribution is 0.367. The monoisotopic (exact) mass is 541 g/mol. The van der Waals surface area contributed by atoms with Gasteiger partial charge in [0.05, 0.1) is 19.3 Å². The third-order valence-electron chi connectivity index (χ3n) is 5.82. The quantitative estimate of drug-likeness (QED) is 0.291. The molecule has 2 aromatic rings. The molecular weight excluding hydrogens is 505 g/mol. The minimum atomic E-state index is 0. The van der Waals surface area contributed by atoms with Crippen molar-refractivity contribution in [1.82, 2.24) is 15.8 Å². The fourth-order valence-electron chi connectivity index (χ4n) is 4.01. The highest BCUT2D eigenvalue weighted by atomic mass is 127. The van der Waals surface area contributed by atoms with Gasteiger partial charge in [0.2, 0.25) is 0 Å². The second kappa shape index (κ2) is 12.8. The number of ether oxygens (including phenoxy) is 1. The van der Waals surface area contributed by atoms with Crippen molar-refractivity contribution < 1.29 is 9.26 Å². The van der Waals surface area contributed by atoms with Gasteiger partial charge in [-0.15, -0.1) is 24.0 Å². The van der Waals surface area contributed by atoms with Gasteiger partial charge in [-0.2, -0.15) is 0 Å². The smallest absolute Gasteiger partial charge is 0.191 e. The maximum Gasteiger partial charge on any atom is 0.191 e. The van der Waals surface area contributed by atoms with Crippen LogP contribution < -0.4 is 20.3 Å². The molecule has 0 bridgehead atoms. The van der Waals surface area contributed by atoms with E-state index in [2.05, 4.69) is 57.7 Å². The van der Waals surface area contributed by atoms with Gasteiger partial charge in [-0.25, -0.2) is 0 Å². The van der Waals surface area contributed by atoms with Gasteiger partial charge in [0, 0.05) is 49.9 Å². The third kappa shape index (κ3) is 7.02. The van der Waals surface area contributed by atoms with Gasteiger partial charge in [-0.3, -0.25) is 4.99 Å². The molecule has 1 atom stereocenters. The van der Waals surface area contributed by atoms with Crippen LogP contribution in [0.25, 0.3) is 0 Å². The Morgan fingerprint density at radius 1 is 1.32 bits per heavy atom. The Morgan fingerprint density at radius 2 is 2.13 bits per heavy atom. The summed E-state index contributed by atoms with van der Waals surface area (Å²) in [5.41, 5.74) is 2.24. The minimum Gasteiger partial charge on any atom is -0.497 e. The van der Waals surface area contributed by atoms with Crippen LogP contribution in [0.3, 0.4) is 0 Å². The zero-order chi connectivity index (χ0) is 21.3. The van der Waals surface area contributed by atoms with Crippen molar-refractivity contribution in [3.05, 3.63) is 41.8 Å². The van der Waals surface area contributed by atoms with E-state index in [4.69, 9.17) is 9.26 Å². The van der Waals surface area contributed by atoms with Gasteiger partial charge in [-0.05, 0) is 37.8 Å². The van der Waals surface area contributed by atoms with Crippen LogP contribution in [0.4, 0.5) is 5.69 Å². The Morgan fingerprint density at radius 3 is 2.84 bits per heavy atom. The number of hydrogen-bond donors (Lipinski definition) is 2. The van der Waals surface area contributed by atoms with Gasteiger partial charge in [0.15, 0.2) is 11.7 Å². The molecule has 1 unspecified atom stereocenters. The molecule has 172 valence electrons. The molecule has 0 saturated carbocycles. The molecule has 1 aromatic heterocycles. The topological polar surface area (TPSA) is 74.9 Å². The Hall–Kier alpha value is -1.97. The Bertz CT molecular complexity index is 822. The predicted molar refractivity (Wildman–Crippen MR) is 137 cm³/mol. The second-order valence-electron chi connectivity index (χ2n) is 7.79. The van der Waals surface area contributed by atoms with E-state index in [0.717, 1.165) is 61.9 Å². The molecule has 3 rings (SSSR count). The lowest BCUT2D eigenvalue weighted by Crippen LogP contribution is -2.51. The predicted octanol–water partition coefficient (Wildman–Crippen LogP) is 4.54. The van der Waals surface area contributed by atoms with Gasteiger partial charge in [0.1, 0.15) is 5.75 Å². The number of aromatic nitrogens is 1. The fourth-order valence-corrected chi connectivity index (χ4v) is 4.01. The average Bonchev–Trinajstić information content (AvgIpc) is 3.26. The number of methoxy groups -OCH3 is 1. The van der Waals surface area contributed by atoms with Crippen molar-refractivity contribution in [3.8, 4) is 5.75 Å². The van der Waals surface area contributed by atoms with E-state index < -0.39 is 0 Å². The Labute approximate surface area is 203 Å². The summed E-state index contributed by atoms with van der Waals surface area (Å²) >= 11 is 0. The lowest BCUT2D eigenvalue weighted by Gasteiger charge is -2.35. The van der Waals surface area contributed by atoms with Crippen molar-refractivity contribution >= 4 is 35.6 Å². The van der Waals surface area contributed by atoms with E-state index in [1.807, 2.05) is 12.1 Å². The molecule has 7 nitrogen and oxygen atoms in total. The molecule has 0 spiro atoms. The number of aliphatic imine (C=N–C) groups is 1. The summed E-state index contributed by atoms with van der Waals surface area (Å²) in [5, 5.41) is 11.2. The van der Waals surface area contributed by atoms with E-state index in [9.17, 15) is 0 Å². The SMILES string of the molecule is CCC(CC)c1cc(CNC(=NC)NC2CCCN(c3cccc(OC)c3)C2)on1.I. The van der Waals surface area contributed by atoms with E-state index >= 15 is 0 Å². The van der Waals surface area contributed by atoms with Crippen LogP contribution in [0.1, 0.15) is 56.9 Å². The number of guanidine groups is 1. The van der Waals surface area contributed by atoms with Crippen LogP contribution in [0, 0.1) is 0 Å². The van der Waals surface area contributed by atoms with Crippen LogP contribution in [0.15, 0.2) is 39.8 Å². The first-order chi connectivity index (χ1) is 14.7. The number of nitrogens with one attached hydrogen (secondary N) is 2. The molecular formula is C23H36IN5O2. The fraction of sp³-hybridized carbons (Fsp3) is 0.565. The summed E-state index contributed by atoms with van der Waals surface area (Å²) in [7, 11) is 3.51. The number of benzene rings is 1. The first kappa shape index (κ1) is 25.3. The lowest BCUT2D eigenvalue weighted by atomic mass is 9.99. The summed E-state index contributed by atoms with van der Waals surface area (Å²) in [6.45, 7) is 6.92. The molecule has 1 saturated heterocycles. The van der Waals surface area contributed by atoms with Crippen LogP contribution in [0.5, 0.6) is 5.75 Å². The van der Waals surface area contributed by atoms with E-state index in [0.29, 0.717) is 18.5 Å².